The van der Waals surface area contributed by atoms with Crippen molar-refractivity contribution in [2.45, 2.75) is 6.54 Å². The van der Waals surface area contributed by atoms with Crippen molar-refractivity contribution in [3.05, 3.63) is 93.9 Å². The van der Waals surface area contributed by atoms with Crippen LogP contribution in [0.4, 0.5) is 14.5 Å². The number of carbonyl (C=O) groups is 1. The van der Waals surface area contributed by atoms with E-state index in [0.29, 0.717) is 5.75 Å². The number of rotatable bonds is 5. The minimum absolute atomic E-state index is 0.145. The molecule has 0 bridgehead atoms. The fraction of sp³-hybridized carbons (Fsp3) is 0.100. The molecule has 3 rings (SSSR count). The normalized spacial score (nSPS) is 10.5. The molecule has 5 nitrogen and oxygen atoms in total. The first-order valence-corrected chi connectivity index (χ1v) is 8.06. The third kappa shape index (κ3) is 4.38. The molecule has 0 unspecified atom stereocenters. The van der Waals surface area contributed by atoms with Gasteiger partial charge in [-0.3, -0.25) is 9.59 Å². The summed E-state index contributed by atoms with van der Waals surface area (Å²) < 4.78 is 33.4. The number of carbonyl (C=O) groups excluding carboxylic acids is 1. The Labute approximate surface area is 153 Å². The molecule has 0 atom stereocenters. The smallest absolute Gasteiger partial charge is 0.257 e. The molecule has 0 aliphatic carbocycles. The molecule has 0 aliphatic heterocycles. The predicted molar refractivity (Wildman–Crippen MR) is 97.1 cm³/mol. The van der Waals surface area contributed by atoms with E-state index >= 15 is 0 Å². The second kappa shape index (κ2) is 7.82. The van der Waals surface area contributed by atoms with Crippen LogP contribution in [-0.2, 0) is 6.54 Å². The summed E-state index contributed by atoms with van der Waals surface area (Å²) in [5, 5.41) is 2.31. The number of pyridine rings is 1. The average Bonchev–Trinajstić information content (AvgIpc) is 2.67. The van der Waals surface area contributed by atoms with Gasteiger partial charge in [-0.2, -0.15) is 0 Å². The Morgan fingerprint density at radius 2 is 1.81 bits per heavy atom. The van der Waals surface area contributed by atoms with Crippen LogP contribution in [0.15, 0.2) is 65.6 Å². The maximum Gasteiger partial charge on any atom is 0.257 e. The summed E-state index contributed by atoms with van der Waals surface area (Å²) in [6.45, 7) is 0.248. The molecule has 0 radical (unpaired) electrons. The molecular weight excluding hydrogens is 354 g/mol. The van der Waals surface area contributed by atoms with E-state index in [0.717, 1.165) is 23.8 Å². The van der Waals surface area contributed by atoms with Crippen LogP contribution in [-0.4, -0.2) is 17.6 Å². The first-order valence-electron chi connectivity index (χ1n) is 8.06. The highest BCUT2D eigenvalue weighted by atomic mass is 19.1. The Morgan fingerprint density at radius 1 is 1.07 bits per heavy atom. The van der Waals surface area contributed by atoms with Gasteiger partial charge in [0.1, 0.15) is 17.4 Å². The van der Waals surface area contributed by atoms with Crippen LogP contribution in [0, 0.1) is 11.6 Å². The quantitative estimate of drug-likeness (QED) is 0.749. The number of anilines is 1. The van der Waals surface area contributed by atoms with E-state index in [2.05, 4.69) is 5.32 Å². The second-order valence-corrected chi connectivity index (χ2v) is 5.81. The van der Waals surface area contributed by atoms with Gasteiger partial charge in [0.25, 0.3) is 11.5 Å². The summed E-state index contributed by atoms with van der Waals surface area (Å²) in [7, 11) is 1.56. The van der Waals surface area contributed by atoms with Gasteiger partial charge in [0.05, 0.1) is 24.9 Å². The lowest BCUT2D eigenvalue weighted by Gasteiger charge is -2.10. The summed E-state index contributed by atoms with van der Waals surface area (Å²) in [5.41, 5.74) is 0.422. The van der Waals surface area contributed by atoms with Crippen molar-refractivity contribution in [2.24, 2.45) is 0 Å². The number of hydrogen-bond acceptors (Lipinski definition) is 3. The first kappa shape index (κ1) is 18.3. The van der Waals surface area contributed by atoms with Crippen molar-refractivity contribution in [3.63, 3.8) is 0 Å². The molecule has 1 N–H and O–H groups in total. The highest BCUT2D eigenvalue weighted by molar-refractivity contribution is 6.04. The molecule has 1 aromatic heterocycles. The van der Waals surface area contributed by atoms with Gasteiger partial charge in [0.2, 0.25) is 0 Å². The van der Waals surface area contributed by atoms with E-state index in [1.54, 1.807) is 31.4 Å². The third-order valence-electron chi connectivity index (χ3n) is 3.93. The number of nitrogens with zero attached hydrogens (tertiary/aromatic N) is 1. The van der Waals surface area contributed by atoms with Gasteiger partial charge in [0.15, 0.2) is 0 Å². The second-order valence-electron chi connectivity index (χ2n) is 5.81. The lowest BCUT2D eigenvalue weighted by molar-refractivity contribution is 0.102. The van der Waals surface area contributed by atoms with E-state index < -0.39 is 17.5 Å². The number of amides is 1. The Morgan fingerprint density at radius 3 is 2.52 bits per heavy atom. The SMILES string of the molecule is COc1ccc(Cn2cc(C(=O)Nc3cc(F)ccc3F)ccc2=O)cc1. The number of nitrogens with one attached hydrogen (secondary N) is 1. The fourth-order valence-electron chi connectivity index (χ4n) is 2.50. The Bertz CT molecular complexity index is 1030. The maximum absolute atomic E-state index is 13.7. The van der Waals surface area contributed by atoms with Crippen molar-refractivity contribution < 1.29 is 18.3 Å². The van der Waals surface area contributed by atoms with Gasteiger partial charge in [0, 0.05) is 18.3 Å². The van der Waals surface area contributed by atoms with Crippen LogP contribution in [0.1, 0.15) is 15.9 Å². The van der Waals surface area contributed by atoms with Gasteiger partial charge in [-0.25, -0.2) is 8.78 Å². The van der Waals surface area contributed by atoms with E-state index in [-0.39, 0.29) is 23.4 Å². The Hall–Kier alpha value is -3.48. The number of methoxy groups -OCH3 is 1. The number of hydrogen-bond donors (Lipinski definition) is 1. The van der Waals surface area contributed by atoms with Crippen molar-refractivity contribution in [2.75, 3.05) is 12.4 Å². The predicted octanol–water partition coefficient (Wildman–Crippen LogP) is 3.44. The summed E-state index contributed by atoms with van der Waals surface area (Å²) in [6.07, 6.45) is 1.37. The zero-order chi connectivity index (χ0) is 19.4. The van der Waals surface area contributed by atoms with Gasteiger partial charge in [-0.1, -0.05) is 12.1 Å². The molecule has 2 aromatic carbocycles. The van der Waals surface area contributed by atoms with E-state index in [1.807, 2.05) is 0 Å². The Balaban J connectivity index is 1.82. The highest BCUT2D eigenvalue weighted by Gasteiger charge is 2.12. The number of aromatic nitrogens is 1. The number of halogens is 2. The van der Waals surface area contributed by atoms with Crippen LogP contribution in [0.3, 0.4) is 0 Å². The fourth-order valence-corrected chi connectivity index (χ4v) is 2.50. The molecule has 138 valence electrons. The van der Waals surface area contributed by atoms with Gasteiger partial charge >= 0.3 is 0 Å². The molecule has 27 heavy (non-hydrogen) atoms. The minimum atomic E-state index is -0.753. The van der Waals surface area contributed by atoms with Gasteiger partial charge in [-0.15, -0.1) is 0 Å². The molecule has 0 spiro atoms. The van der Waals surface area contributed by atoms with Crippen molar-refractivity contribution in [1.82, 2.24) is 4.57 Å². The zero-order valence-corrected chi connectivity index (χ0v) is 14.4. The van der Waals surface area contributed by atoms with Crippen LogP contribution in [0.2, 0.25) is 0 Å². The lowest BCUT2D eigenvalue weighted by Crippen LogP contribution is -2.22. The summed E-state index contributed by atoms with van der Waals surface area (Å²) in [6, 6.07) is 12.5. The highest BCUT2D eigenvalue weighted by Crippen LogP contribution is 2.16. The molecule has 0 aliphatic rings. The summed E-state index contributed by atoms with van der Waals surface area (Å²) in [4.78, 5) is 24.4. The monoisotopic (exact) mass is 370 g/mol. The summed E-state index contributed by atoms with van der Waals surface area (Å²) >= 11 is 0. The molecule has 0 fully saturated rings. The molecule has 0 saturated carbocycles. The average molecular weight is 370 g/mol. The van der Waals surface area contributed by atoms with Gasteiger partial charge in [-0.05, 0) is 35.9 Å². The topological polar surface area (TPSA) is 60.3 Å². The lowest BCUT2D eigenvalue weighted by atomic mass is 10.2. The first-order chi connectivity index (χ1) is 13.0. The molecule has 0 saturated heterocycles. The summed E-state index contributed by atoms with van der Waals surface area (Å²) in [5.74, 6) is -1.38. The Kier molecular flexibility index (Phi) is 5.30. The van der Waals surface area contributed by atoms with Crippen LogP contribution < -0.4 is 15.6 Å². The number of benzene rings is 2. The zero-order valence-electron chi connectivity index (χ0n) is 14.4. The third-order valence-corrected chi connectivity index (χ3v) is 3.93. The standard InChI is InChI=1S/C20H16F2N2O3/c1-27-16-6-2-13(3-7-16)11-24-12-14(4-9-19(24)25)20(26)23-18-10-15(21)5-8-17(18)22/h2-10,12H,11H2,1H3,(H,23,26). The van der Waals surface area contributed by atoms with E-state index in [1.165, 1.54) is 22.9 Å². The van der Waals surface area contributed by atoms with Crippen molar-refractivity contribution in [1.29, 1.82) is 0 Å². The minimum Gasteiger partial charge on any atom is -0.497 e. The largest absolute Gasteiger partial charge is 0.497 e. The van der Waals surface area contributed by atoms with Crippen LogP contribution in [0.25, 0.3) is 0 Å². The molecule has 1 heterocycles. The van der Waals surface area contributed by atoms with Gasteiger partial charge < -0.3 is 14.6 Å². The molecule has 1 amide bonds. The maximum atomic E-state index is 13.7. The van der Waals surface area contributed by atoms with E-state index in [9.17, 15) is 18.4 Å². The molecular formula is C20H16F2N2O3. The van der Waals surface area contributed by atoms with Crippen molar-refractivity contribution >= 4 is 11.6 Å². The molecule has 7 heteroatoms. The number of ether oxygens (including phenoxy) is 1. The molecule has 3 aromatic rings. The van der Waals surface area contributed by atoms with Crippen molar-refractivity contribution in [3.8, 4) is 5.75 Å². The van der Waals surface area contributed by atoms with E-state index in [4.69, 9.17) is 4.74 Å². The van der Waals surface area contributed by atoms with Crippen LogP contribution in [0.5, 0.6) is 5.75 Å². The van der Waals surface area contributed by atoms with Crippen LogP contribution >= 0.6 is 0 Å².